The van der Waals surface area contributed by atoms with Gasteiger partial charge in [0.2, 0.25) is 0 Å². The van der Waals surface area contributed by atoms with Crippen LogP contribution in [0.15, 0.2) is 65.8 Å². The van der Waals surface area contributed by atoms with E-state index in [0.29, 0.717) is 45.2 Å². The Morgan fingerprint density at radius 2 is 1.71 bits per heavy atom. The molecule has 0 aliphatic rings. The third-order valence-electron chi connectivity index (χ3n) is 4.59. The zero-order valence-electron chi connectivity index (χ0n) is 19.0. The molecule has 0 bridgehead atoms. The molecule has 8 nitrogen and oxygen atoms in total. The molecule has 35 heavy (non-hydrogen) atoms. The van der Waals surface area contributed by atoms with Gasteiger partial charge in [0.25, 0.3) is 0 Å². The van der Waals surface area contributed by atoms with Crippen molar-refractivity contribution in [2.45, 2.75) is 13.5 Å². The first-order chi connectivity index (χ1) is 16.9. The van der Waals surface area contributed by atoms with Gasteiger partial charge in [-0.1, -0.05) is 41.4 Å². The van der Waals surface area contributed by atoms with Gasteiger partial charge in [-0.3, -0.25) is 9.59 Å². The number of rotatable bonds is 9. The van der Waals surface area contributed by atoms with Gasteiger partial charge in [-0.25, -0.2) is 5.43 Å². The molecule has 3 aromatic rings. The van der Waals surface area contributed by atoms with Gasteiger partial charge in [0.15, 0.2) is 11.5 Å². The number of ether oxygens (including phenoxy) is 3. The molecule has 0 aliphatic heterocycles. The van der Waals surface area contributed by atoms with Crippen LogP contribution in [0.2, 0.25) is 10.0 Å². The standard InChI is InChI=1S/C25H23Cl2N3O5/c1-3-34-21-7-5-4-6-20(21)29-24(31)25(32)30-28-14-16-9-11-22(23(13-16)33-2)35-15-17-8-10-18(26)19(27)12-17/h4-14H,3,15H2,1-2H3,(H,29,31)(H,30,32)/b28-14-. The maximum Gasteiger partial charge on any atom is 0.329 e. The molecule has 3 aromatic carbocycles. The first kappa shape index (κ1) is 25.9. The van der Waals surface area contributed by atoms with Crippen molar-refractivity contribution >= 4 is 46.9 Å². The molecule has 0 fully saturated rings. The summed E-state index contributed by atoms with van der Waals surface area (Å²) in [4.78, 5) is 24.3. The summed E-state index contributed by atoms with van der Waals surface area (Å²) in [6, 6.07) is 17.2. The number of carbonyl (C=O) groups excluding carboxylic acids is 2. The molecule has 2 N–H and O–H groups in total. The van der Waals surface area contributed by atoms with Crippen LogP contribution in [0.4, 0.5) is 5.69 Å². The van der Waals surface area contributed by atoms with Gasteiger partial charge < -0.3 is 19.5 Å². The fourth-order valence-electron chi connectivity index (χ4n) is 2.92. The number of hydrogen-bond donors (Lipinski definition) is 2. The first-order valence-corrected chi connectivity index (χ1v) is 11.3. The summed E-state index contributed by atoms with van der Waals surface area (Å²) in [5.74, 6) is -0.370. The second kappa shape index (κ2) is 12.6. The van der Waals surface area contributed by atoms with Crippen LogP contribution in [0, 0.1) is 0 Å². The van der Waals surface area contributed by atoms with Gasteiger partial charge in [-0.05, 0) is 60.5 Å². The van der Waals surface area contributed by atoms with Crippen LogP contribution in [0.1, 0.15) is 18.1 Å². The number of methoxy groups -OCH3 is 1. The first-order valence-electron chi connectivity index (χ1n) is 10.5. The van der Waals surface area contributed by atoms with E-state index in [1.165, 1.54) is 13.3 Å². The molecule has 0 aliphatic carbocycles. The fraction of sp³-hybridized carbons (Fsp3) is 0.160. The van der Waals surface area contributed by atoms with Gasteiger partial charge in [0.1, 0.15) is 12.4 Å². The Hall–Kier alpha value is -3.75. The molecular formula is C25H23Cl2N3O5. The van der Waals surface area contributed by atoms with Crippen LogP contribution in [0.5, 0.6) is 17.2 Å². The maximum absolute atomic E-state index is 12.2. The largest absolute Gasteiger partial charge is 0.493 e. The number of benzene rings is 3. The van der Waals surface area contributed by atoms with Crippen LogP contribution >= 0.6 is 23.2 Å². The summed E-state index contributed by atoms with van der Waals surface area (Å²) >= 11 is 12.0. The second-order valence-electron chi connectivity index (χ2n) is 7.03. The van der Waals surface area contributed by atoms with Crippen molar-refractivity contribution in [3.63, 3.8) is 0 Å². The van der Waals surface area contributed by atoms with E-state index in [-0.39, 0.29) is 6.61 Å². The van der Waals surface area contributed by atoms with Crippen molar-refractivity contribution in [1.82, 2.24) is 5.43 Å². The molecule has 0 saturated carbocycles. The summed E-state index contributed by atoms with van der Waals surface area (Å²) in [5, 5.41) is 7.25. The quantitative estimate of drug-likeness (QED) is 0.235. The van der Waals surface area contributed by atoms with E-state index in [0.717, 1.165) is 5.56 Å². The van der Waals surface area contributed by atoms with Crippen molar-refractivity contribution in [1.29, 1.82) is 0 Å². The Morgan fingerprint density at radius 3 is 2.46 bits per heavy atom. The Kier molecular flexibility index (Phi) is 9.34. The Bertz CT molecular complexity index is 1230. The summed E-state index contributed by atoms with van der Waals surface area (Å²) in [7, 11) is 1.51. The van der Waals surface area contributed by atoms with Crippen molar-refractivity contribution in [2.75, 3.05) is 19.0 Å². The lowest BCUT2D eigenvalue weighted by molar-refractivity contribution is -0.136. The highest BCUT2D eigenvalue weighted by molar-refractivity contribution is 6.42. The minimum Gasteiger partial charge on any atom is -0.493 e. The van der Waals surface area contributed by atoms with E-state index in [9.17, 15) is 9.59 Å². The van der Waals surface area contributed by atoms with E-state index in [4.69, 9.17) is 37.4 Å². The molecule has 3 rings (SSSR count). The van der Waals surface area contributed by atoms with Gasteiger partial charge in [-0.2, -0.15) is 5.10 Å². The molecular weight excluding hydrogens is 493 g/mol. The minimum atomic E-state index is -0.930. The fourth-order valence-corrected chi connectivity index (χ4v) is 3.24. The lowest BCUT2D eigenvalue weighted by atomic mass is 10.2. The van der Waals surface area contributed by atoms with Crippen LogP contribution in [-0.2, 0) is 16.2 Å². The van der Waals surface area contributed by atoms with Crippen molar-refractivity contribution in [3.8, 4) is 17.2 Å². The monoisotopic (exact) mass is 515 g/mol. The zero-order chi connectivity index (χ0) is 25.2. The number of nitrogens with one attached hydrogen (secondary N) is 2. The van der Waals surface area contributed by atoms with Crippen molar-refractivity contribution < 1.29 is 23.8 Å². The summed E-state index contributed by atoms with van der Waals surface area (Å²) in [6.07, 6.45) is 1.38. The molecule has 0 saturated heterocycles. The zero-order valence-corrected chi connectivity index (χ0v) is 20.5. The number of carbonyl (C=O) groups is 2. The van der Waals surface area contributed by atoms with E-state index in [1.54, 1.807) is 54.6 Å². The predicted octanol–water partition coefficient (Wildman–Crippen LogP) is 5.07. The van der Waals surface area contributed by atoms with Crippen LogP contribution < -0.4 is 25.0 Å². The Morgan fingerprint density at radius 1 is 0.914 bits per heavy atom. The summed E-state index contributed by atoms with van der Waals surface area (Å²) in [5.41, 5.74) is 4.04. The molecule has 0 unspecified atom stereocenters. The number of hydrazone groups is 1. The number of para-hydroxylation sites is 2. The highest BCUT2D eigenvalue weighted by atomic mass is 35.5. The molecule has 182 valence electrons. The SMILES string of the molecule is CCOc1ccccc1NC(=O)C(=O)N/N=C\c1ccc(OCc2ccc(Cl)c(Cl)c2)c(OC)c1. The van der Waals surface area contributed by atoms with Gasteiger partial charge in [0.05, 0.1) is 35.7 Å². The number of halogens is 2. The number of hydrogen-bond acceptors (Lipinski definition) is 6. The number of amides is 2. The molecule has 0 radical (unpaired) electrons. The summed E-state index contributed by atoms with van der Waals surface area (Å²) < 4.78 is 16.6. The summed E-state index contributed by atoms with van der Waals surface area (Å²) in [6.45, 7) is 2.51. The highest BCUT2D eigenvalue weighted by Crippen LogP contribution is 2.29. The van der Waals surface area contributed by atoms with E-state index in [1.807, 2.05) is 13.0 Å². The van der Waals surface area contributed by atoms with Crippen molar-refractivity contribution in [2.24, 2.45) is 5.10 Å². The van der Waals surface area contributed by atoms with Crippen LogP contribution in [0.3, 0.4) is 0 Å². The molecule has 0 atom stereocenters. The highest BCUT2D eigenvalue weighted by Gasteiger charge is 2.15. The lowest BCUT2D eigenvalue weighted by Gasteiger charge is -2.12. The smallest absolute Gasteiger partial charge is 0.329 e. The van der Waals surface area contributed by atoms with Gasteiger partial charge in [-0.15, -0.1) is 0 Å². The average molecular weight is 516 g/mol. The second-order valence-corrected chi connectivity index (χ2v) is 7.84. The third kappa shape index (κ3) is 7.37. The number of nitrogens with zero attached hydrogens (tertiary/aromatic N) is 1. The number of anilines is 1. The Balaban J connectivity index is 1.58. The van der Waals surface area contributed by atoms with Crippen molar-refractivity contribution in [3.05, 3.63) is 81.8 Å². The van der Waals surface area contributed by atoms with Gasteiger partial charge in [0, 0.05) is 0 Å². The van der Waals surface area contributed by atoms with E-state index in [2.05, 4.69) is 15.8 Å². The minimum absolute atomic E-state index is 0.262. The molecule has 10 heteroatoms. The average Bonchev–Trinajstić information content (AvgIpc) is 2.86. The topological polar surface area (TPSA) is 98.2 Å². The molecule has 0 heterocycles. The predicted molar refractivity (Wildman–Crippen MR) is 136 cm³/mol. The molecule has 0 spiro atoms. The normalized spacial score (nSPS) is 10.6. The van der Waals surface area contributed by atoms with Crippen LogP contribution in [-0.4, -0.2) is 31.7 Å². The maximum atomic E-state index is 12.2. The van der Waals surface area contributed by atoms with E-state index >= 15 is 0 Å². The van der Waals surface area contributed by atoms with E-state index < -0.39 is 11.8 Å². The van der Waals surface area contributed by atoms with Gasteiger partial charge >= 0.3 is 11.8 Å². The Labute approximate surface area is 212 Å². The third-order valence-corrected chi connectivity index (χ3v) is 5.33. The molecule has 0 aromatic heterocycles. The lowest BCUT2D eigenvalue weighted by Crippen LogP contribution is -2.32. The van der Waals surface area contributed by atoms with Crippen LogP contribution in [0.25, 0.3) is 0 Å². The molecule has 2 amide bonds.